The van der Waals surface area contributed by atoms with E-state index in [1.165, 1.54) is 18.4 Å². The number of allylic oxidation sites excluding steroid dienone is 1. The Morgan fingerprint density at radius 2 is 1.62 bits per heavy atom. The van der Waals surface area contributed by atoms with E-state index in [0.29, 0.717) is 26.4 Å². The number of esters is 1. The number of carbonyl (C=O) groups excluding carboxylic acids is 1. The highest BCUT2D eigenvalue weighted by molar-refractivity contribution is 7.07. The quantitative estimate of drug-likeness (QED) is 0.510. The Kier molecular flexibility index (Phi) is 6.80. The second-order valence-corrected chi connectivity index (χ2v) is 12.5. The highest BCUT2D eigenvalue weighted by Gasteiger charge is 2.33. The predicted molar refractivity (Wildman–Crippen MR) is 148 cm³/mol. The average Bonchev–Trinajstić information content (AvgIpc) is 3.12. The third-order valence-electron chi connectivity index (χ3n) is 6.59. The Hall–Kier alpha value is -3.45. The molecule has 3 aromatic rings. The lowest BCUT2D eigenvalue weighted by molar-refractivity contribution is -0.136. The van der Waals surface area contributed by atoms with E-state index in [-0.39, 0.29) is 16.4 Å². The predicted octanol–water partition coefficient (Wildman–Crippen LogP) is 4.71. The van der Waals surface area contributed by atoms with Crippen molar-refractivity contribution in [3.8, 4) is 5.75 Å². The van der Waals surface area contributed by atoms with Gasteiger partial charge in [0, 0.05) is 11.1 Å². The fraction of sp³-hybridized carbons (Fsp3) is 0.367. The molecule has 0 saturated heterocycles. The van der Waals surface area contributed by atoms with Crippen LogP contribution >= 0.6 is 11.3 Å². The number of nitrogens with zero attached hydrogens (tertiary/aromatic N) is 2. The molecule has 1 aliphatic heterocycles. The Labute approximate surface area is 221 Å². The zero-order valence-electron chi connectivity index (χ0n) is 22.7. The van der Waals surface area contributed by atoms with Crippen LogP contribution in [0.3, 0.4) is 0 Å². The van der Waals surface area contributed by atoms with Crippen LogP contribution in [0.15, 0.2) is 63.5 Å². The number of rotatable bonds is 3. The maximum Gasteiger partial charge on any atom is 0.338 e. The fourth-order valence-electron chi connectivity index (χ4n) is 4.68. The molecule has 1 atom stereocenters. The third kappa shape index (κ3) is 4.92. The Morgan fingerprint density at radius 1 is 1.05 bits per heavy atom. The molecule has 0 bridgehead atoms. The second-order valence-electron chi connectivity index (χ2n) is 11.4. The summed E-state index contributed by atoms with van der Waals surface area (Å²) in [4.78, 5) is 31.8. The van der Waals surface area contributed by atoms with E-state index in [9.17, 15) is 14.7 Å². The zero-order chi connectivity index (χ0) is 27.3. The number of methoxy groups -OCH3 is 1. The summed E-state index contributed by atoms with van der Waals surface area (Å²) in [5.74, 6) is -0.214. The molecule has 1 aromatic heterocycles. The number of aromatic hydroxyl groups is 1. The summed E-state index contributed by atoms with van der Waals surface area (Å²) in [6.45, 7) is 14.1. The van der Waals surface area contributed by atoms with Crippen molar-refractivity contribution in [2.24, 2.45) is 4.99 Å². The van der Waals surface area contributed by atoms with Crippen LogP contribution in [0.2, 0.25) is 0 Å². The second kappa shape index (κ2) is 9.45. The smallest absolute Gasteiger partial charge is 0.338 e. The third-order valence-corrected chi connectivity index (χ3v) is 7.57. The minimum Gasteiger partial charge on any atom is -0.507 e. The molecule has 0 fully saturated rings. The van der Waals surface area contributed by atoms with Gasteiger partial charge in [0.15, 0.2) is 4.80 Å². The van der Waals surface area contributed by atoms with Crippen LogP contribution in [0, 0.1) is 0 Å². The van der Waals surface area contributed by atoms with Crippen LogP contribution in [-0.4, -0.2) is 22.8 Å². The first-order valence-electron chi connectivity index (χ1n) is 12.3. The fourth-order valence-corrected chi connectivity index (χ4v) is 5.72. The summed E-state index contributed by atoms with van der Waals surface area (Å²) < 4.78 is 7.16. The molecule has 2 aromatic carbocycles. The molecule has 1 unspecified atom stereocenters. The van der Waals surface area contributed by atoms with E-state index in [2.05, 4.69) is 46.5 Å². The topological polar surface area (TPSA) is 80.9 Å². The number of benzene rings is 2. The molecule has 0 radical (unpaired) electrons. The molecule has 0 aliphatic carbocycles. The number of ether oxygens (including phenoxy) is 1. The van der Waals surface area contributed by atoms with Crippen molar-refractivity contribution in [2.75, 3.05) is 7.11 Å². The maximum atomic E-state index is 13.9. The van der Waals surface area contributed by atoms with Gasteiger partial charge >= 0.3 is 5.97 Å². The van der Waals surface area contributed by atoms with E-state index in [4.69, 9.17) is 4.74 Å². The number of fused-ring (bicyclic) bond motifs is 1. The van der Waals surface area contributed by atoms with E-state index in [1.807, 2.05) is 48.5 Å². The van der Waals surface area contributed by atoms with Crippen molar-refractivity contribution < 1.29 is 14.6 Å². The minimum atomic E-state index is -0.637. The molecular weight excluding hydrogens is 484 g/mol. The van der Waals surface area contributed by atoms with Crippen molar-refractivity contribution in [1.82, 2.24) is 4.57 Å². The lowest BCUT2D eigenvalue weighted by atomic mass is 9.78. The molecule has 1 N–H and O–H groups in total. The lowest BCUT2D eigenvalue weighted by Crippen LogP contribution is -2.39. The summed E-state index contributed by atoms with van der Waals surface area (Å²) in [6.07, 6.45) is 1.85. The van der Waals surface area contributed by atoms with E-state index in [0.717, 1.165) is 22.3 Å². The number of phenols is 1. The SMILES string of the molecule is COC(=O)C1=C(C)N=c2sc(=Cc3cc(C(C)(C)C)c(O)c(C(C)(C)C)c3)c(=O)n2C1c1ccccc1. The summed E-state index contributed by atoms with van der Waals surface area (Å²) in [5.41, 5.74) is 3.36. The molecule has 1 aliphatic rings. The molecule has 4 rings (SSSR count). The van der Waals surface area contributed by atoms with Gasteiger partial charge in [0.25, 0.3) is 5.56 Å². The average molecular weight is 519 g/mol. The van der Waals surface area contributed by atoms with Gasteiger partial charge in [-0.15, -0.1) is 0 Å². The molecule has 0 saturated carbocycles. The van der Waals surface area contributed by atoms with Gasteiger partial charge in [0.2, 0.25) is 0 Å². The van der Waals surface area contributed by atoms with Gasteiger partial charge in [-0.2, -0.15) is 0 Å². The normalized spacial score (nSPS) is 16.4. The van der Waals surface area contributed by atoms with Gasteiger partial charge in [0.05, 0.1) is 29.0 Å². The van der Waals surface area contributed by atoms with Gasteiger partial charge in [-0.1, -0.05) is 83.2 Å². The molecule has 0 spiro atoms. The summed E-state index contributed by atoms with van der Waals surface area (Å²) in [7, 11) is 1.33. The highest BCUT2D eigenvalue weighted by Crippen LogP contribution is 2.40. The number of aromatic nitrogens is 1. The molecular formula is C30H34N2O4S. The van der Waals surface area contributed by atoms with Crippen molar-refractivity contribution in [1.29, 1.82) is 0 Å². The number of hydrogen-bond donors (Lipinski definition) is 1. The molecule has 37 heavy (non-hydrogen) atoms. The summed E-state index contributed by atoms with van der Waals surface area (Å²) in [6, 6.07) is 12.7. The molecule has 2 heterocycles. The molecule has 194 valence electrons. The van der Waals surface area contributed by atoms with Crippen LogP contribution in [0.1, 0.15) is 76.8 Å². The zero-order valence-corrected chi connectivity index (χ0v) is 23.5. The van der Waals surface area contributed by atoms with Crippen molar-refractivity contribution in [2.45, 2.75) is 65.3 Å². The van der Waals surface area contributed by atoms with Gasteiger partial charge in [-0.25, -0.2) is 9.79 Å². The van der Waals surface area contributed by atoms with Gasteiger partial charge < -0.3 is 9.84 Å². The van der Waals surface area contributed by atoms with E-state index >= 15 is 0 Å². The monoisotopic (exact) mass is 518 g/mol. The lowest BCUT2D eigenvalue weighted by Gasteiger charge is -2.27. The van der Waals surface area contributed by atoms with E-state index < -0.39 is 12.0 Å². The van der Waals surface area contributed by atoms with Crippen LogP contribution in [-0.2, 0) is 20.4 Å². The number of thiazole rings is 1. The summed E-state index contributed by atoms with van der Waals surface area (Å²) in [5, 5.41) is 11.1. The minimum absolute atomic E-state index is 0.228. The Bertz CT molecular complexity index is 1540. The van der Waals surface area contributed by atoms with Crippen molar-refractivity contribution in [3.63, 3.8) is 0 Å². The van der Waals surface area contributed by atoms with Crippen LogP contribution in [0.5, 0.6) is 5.75 Å². The van der Waals surface area contributed by atoms with Crippen molar-refractivity contribution >= 4 is 23.4 Å². The highest BCUT2D eigenvalue weighted by atomic mass is 32.1. The molecule has 0 amide bonds. The van der Waals surface area contributed by atoms with Gasteiger partial charge in [-0.05, 0) is 47.1 Å². The Morgan fingerprint density at radius 3 is 2.14 bits per heavy atom. The number of phenolic OH excluding ortho intramolecular Hbond substituents is 1. The number of carbonyl (C=O) groups is 1. The first-order chi connectivity index (χ1) is 17.2. The standard InChI is InChI=1S/C30H34N2O4S/c1-17-23(27(35)36-8)24(19-12-10-9-11-13-19)32-26(34)22(37-28(32)31-17)16-18-14-20(29(2,3)4)25(33)21(15-18)30(5,6)7/h9-16,24,33H,1-8H3. The largest absolute Gasteiger partial charge is 0.507 e. The summed E-state index contributed by atoms with van der Waals surface area (Å²) >= 11 is 1.29. The van der Waals surface area contributed by atoms with E-state index in [1.54, 1.807) is 11.5 Å². The van der Waals surface area contributed by atoms with Crippen LogP contribution in [0.4, 0.5) is 0 Å². The van der Waals surface area contributed by atoms with Crippen LogP contribution in [0.25, 0.3) is 6.08 Å². The van der Waals surface area contributed by atoms with Crippen LogP contribution < -0.4 is 14.9 Å². The first kappa shape index (κ1) is 26.6. The number of hydrogen-bond acceptors (Lipinski definition) is 6. The van der Waals surface area contributed by atoms with Gasteiger partial charge in [-0.3, -0.25) is 9.36 Å². The van der Waals surface area contributed by atoms with Gasteiger partial charge in [0.1, 0.15) is 5.75 Å². The molecule has 6 nitrogen and oxygen atoms in total. The Balaban J connectivity index is 2.00. The van der Waals surface area contributed by atoms with Crippen molar-refractivity contribution in [3.05, 3.63) is 95.7 Å². The first-order valence-corrected chi connectivity index (χ1v) is 13.1. The maximum absolute atomic E-state index is 13.9. The molecule has 7 heteroatoms.